The van der Waals surface area contributed by atoms with Crippen molar-refractivity contribution in [2.75, 3.05) is 6.54 Å². The average molecular weight is 360 g/mol. The van der Waals surface area contributed by atoms with Crippen molar-refractivity contribution in [1.82, 2.24) is 15.5 Å². The molecule has 0 aliphatic heterocycles. The first-order valence-electron chi connectivity index (χ1n) is 7.75. The molecule has 5 nitrogen and oxygen atoms in total. The predicted molar refractivity (Wildman–Crippen MR) is 91.8 cm³/mol. The number of carbonyl (C=O) groups excluding carboxylic acids is 1. The topological polar surface area (TPSA) is 68.0 Å². The van der Waals surface area contributed by atoms with Crippen LogP contribution in [0.3, 0.4) is 0 Å². The Hall–Kier alpha value is -2.73. The largest absolute Gasteiger partial charge is 0.352 e. The maximum Gasteiger partial charge on any atom is 0.255 e. The molecule has 0 saturated carbocycles. The lowest BCUT2D eigenvalue weighted by Gasteiger charge is -2.06. The lowest BCUT2D eigenvalue weighted by Crippen LogP contribution is -2.26. The van der Waals surface area contributed by atoms with Gasteiger partial charge in [0.2, 0.25) is 11.7 Å². The summed E-state index contributed by atoms with van der Waals surface area (Å²) in [6.45, 7) is 0.340. The van der Waals surface area contributed by atoms with Gasteiger partial charge in [-0.3, -0.25) is 4.79 Å². The van der Waals surface area contributed by atoms with E-state index in [1.54, 1.807) is 0 Å². The second-order valence-corrected chi connectivity index (χ2v) is 5.74. The zero-order chi connectivity index (χ0) is 17.6. The number of nitrogens with one attached hydrogen (secondary N) is 1. The molecule has 0 saturated heterocycles. The van der Waals surface area contributed by atoms with Gasteiger partial charge < -0.3 is 9.84 Å². The van der Waals surface area contributed by atoms with Crippen molar-refractivity contribution in [2.24, 2.45) is 0 Å². The van der Waals surface area contributed by atoms with Crippen LogP contribution in [0.4, 0.5) is 4.39 Å². The molecule has 0 radical (unpaired) electrons. The van der Waals surface area contributed by atoms with E-state index in [-0.39, 0.29) is 10.6 Å². The van der Waals surface area contributed by atoms with Crippen molar-refractivity contribution < 1.29 is 13.7 Å². The van der Waals surface area contributed by atoms with Crippen molar-refractivity contribution in [2.45, 2.75) is 12.8 Å². The van der Waals surface area contributed by atoms with Crippen LogP contribution < -0.4 is 5.32 Å². The average Bonchev–Trinajstić information content (AvgIpc) is 3.08. The molecule has 7 heteroatoms. The van der Waals surface area contributed by atoms with Crippen LogP contribution >= 0.6 is 11.6 Å². The van der Waals surface area contributed by atoms with Gasteiger partial charge in [-0.25, -0.2) is 4.39 Å². The number of rotatable bonds is 6. The number of benzene rings is 2. The number of carbonyl (C=O) groups is 1. The van der Waals surface area contributed by atoms with Gasteiger partial charge in [0.1, 0.15) is 5.82 Å². The molecule has 0 unspecified atom stereocenters. The molecule has 1 N–H and O–H groups in total. The maximum atomic E-state index is 13.7. The monoisotopic (exact) mass is 359 g/mol. The number of aromatic nitrogens is 2. The zero-order valence-electron chi connectivity index (χ0n) is 13.2. The smallest absolute Gasteiger partial charge is 0.255 e. The van der Waals surface area contributed by atoms with Gasteiger partial charge in [0.05, 0.1) is 10.6 Å². The number of nitrogens with zero attached hydrogens (tertiary/aromatic N) is 2. The first-order chi connectivity index (χ1) is 12.1. The molecule has 0 atom stereocenters. The van der Waals surface area contributed by atoms with Crippen LogP contribution in [0.15, 0.2) is 53.1 Å². The number of amides is 1. The number of aryl methyl sites for hydroxylation is 1. The van der Waals surface area contributed by atoms with Gasteiger partial charge in [0.25, 0.3) is 5.91 Å². The molecule has 0 fully saturated rings. The molecular weight excluding hydrogens is 345 g/mol. The lowest BCUT2D eigenvalue weighted by molar-refractivity contribution is 0.0949. The van der Waals surface area contributed by atoms with Crippen LogP contribution in [0.25, 0.3) is 11.4 Å². The summed E-state index contributed by atoms with van der Waals surface area (Å²) in [4.78, 5) is 16.3. The van der Waals surface area contributed by atoms with E-state index in [9.17, 15) is 9.18 Å². The van der Waals surface area contributed by atoms with E-state index < -0.39 is 11.7 Å². The molecular formula is C18H15ClFN3O2. The fraction of sp³-hybridized carbons (Fsp3) is 0.167. The Morgan fingerprint density at radius 1 is 1.16 bits per heavy atom. The van der Waals surface area contributed by atoms with Crippen molar-refractivity contribution >= 4 is 17.5 Å². The third-order valence-electron chi connectivity index (χ3n) is 3.54. The molecule has 0 spiro atoms. The van der Waals surface area contributed by atoms with Gasteiger partial charge in [0.15, 0.2) is 0 Å². The fourth-order valence-corrected chi connectivity index (χ4v) is 2.55. The maximum absolute atomic E-state index is 13.7. The summed E-state index contributed by atoms with van der Waals surface area (Å²) in [7, 11) is 0. The van der Waals surface area contributed by atoms with E-state index in [4.69, 9.17) is 16.1 Å². The molecule has 25 heavy (non-hydrogen) atoms. The van der Waals surface area contributed by atoms with Crippen LogP contribution in [0, 0.1) is 5.82 Å². The van der Waals surface area contributed by atoms with E-state index in [0.717, 1.165) is 5.56 Å². The molecule has 128 valence electrons. The van der Waals surface area contributed by atoms with Gasteiger partial charge in [-0.15, -0.1) is 0 Å². The van der Waals surface area contributed by atoms with Gasteiger partial charge in [-0.1, -0.05) is 53.2 Å². The number of hydrogen-bond acceptors (Lipinski definition) is 4. The van der Waals surface area contributed by atoms with Crippen molar-refractivity contribution in [1.29, 1.82) is 0 Å². The molecule has 3 aromatic rings. The standard InChI is InChI=1S/C18H15ClFN3O2/c19-13-8-4-9-14(20)16(13)18(24)21-11-5-10-15-22-17(23-25-15)12-6-2-1-3-7-12/h1-4,6-9H,5,10-11H2,(H,21,24). The van der Waals surface area contributed by atoms with Crippen molar-refractivity contribution in [3.05, 3.63) is 70.8 Å². The van der Waals surface area contributed by atoms with Gasteiger partial charge in [-0.2, -0.15) is 4.98 Å². The summed E-state index contributed by atoms with van der Waals surface area (Å²) in [6.07, 6.45) is 1.08. The Kier molecular flexibility index (Phi) is 5.40. The van der Waals surface area contributed by atoms with E-state index >= 15 is 0 Å². The Morgan fingerprint density at radius 2 is 1.96 bits per heavy atom. The second-order valence-electron chi connectivity index (χ2n) is 5.33. The van der Waals surface area contributed by atoms with Gasteiger partial charge in [0, 0.05) is 18.5 Å². The number of hydrogen-bond donors (Lipinski definition) is 1. The molecule has 1 heterocycles. The van der Waals surface area contributed by atoms with Gasteiger partial charge in [-0.05, 0) is 18.6 Å². The summed E-state index contributed by atoms with van der Waals surface area (Å²) in [5.74, 6) is -0.178. The highest BCUT2D eigenvalue weighted by atomic mass is 35.5. The highest BCUT2D eigenvalue weighted by molar-refractivity contribution is 6.33. The first kappa shape index (κ1) is 17.1. The minimum atomic E-state index is -0.644. The van der Waals surface area contributed by atoms with E-state index in [0.29, 0.717) is 31.1 Å². The minimum Gasteiger partial charge on any atom is -0.352 e. The SMILES string of the molecule is O=C(NCCCc1nc(-c2ccccc2)no1)c1c(F)cccc1Cl. The number of halogens is 2. The van der Waals surface area contributed by atoms with Crippen LogP contribution in [0.1, 0.15) is 22.7 Å². The third-order valence-corrected chi connectivity index (χ3v) is 3.86. The van der Waals surface area contributed by atoms with Crippen LogP contribution in [0.2, 0.25) is 5.02 Å². The van der Waals surface area contributed by atoms with Crippen LogP contribution in [-0.4, -0.2) is 22.6 Å². The van der Waals surface area contributed by atoms with E-state index in [2.05, 4.69) is 15.5 Å². The Labute approximate surface area is 148 Å². The summed E-state index contributed by atoms with van der Waals surface area (Å²) in [6, 6.07) is 13.6. The van der Waals surface area contributed by atoms with E-state index in [1.807, 2.05) is 30.3 Å². The fourth-order valence-electron chi connectivity index (χ4n) is 2.31. The second kappa shape index (κ2) is 7.90. The quantitative estimate of drug-likeness (QED) is 0.678. The normalized spacial score (nSPS) is 10.6. The highest BCUT2D eigenvalue weighted by Gasteiger charge is 2.15. The molecule has 2 aromatic carbocycles. The molecule has 1 amide bonds. The molecule has 0 bridgehead atoms. The first-order valence-corrected chi connectivity index (χ1v) is 8.13. The van der Waals surface area contributed by atoms with Crippen LogP contribution in [0.5, 0.6) is 0 Å². The zero-order valence-corrected chi connectivity index (χ0v) is 14.0. The predicted octanol–water partition coefficient (Wildman–Crippen LogP) is 3.89. The summed E-state index contributed by atoms with van der Waals surface area (Å²) >= 11 is 5.86. The molecule has 3 rings (SSSR count). The Bertz CT molecular complexity index is 848. The molecule has 1 aromatic heterocycles. The lowest BCUT2D eigenvalue weighted by atomic mass is 10.2. The molecule has 0 aliphatic rings. The van der Waals surface area contributed by atoms with Gasteiger partial charge >= 0.3 is 0 Å². The Balaban J connectivity index is 1.51. The van der Waals surface area contributed by atoms with Crippen LogP contribution in [-0.2, 0) is 6.42 Å². The Morgan fingerprint density at radius 3 is 2.72 bits per heavy atom. The molecule has 0 aliphatic carbocycles. The minimum absolute atomic E-state index is 0.0851. The summed E-state index contributed by atoms with van der Waals surface area (Å²) < 4.78 is 18.9. The van der Waals surface area contributed by atoms with E-state index in [1.165, 1.54) is 18.2 Å². The highest BCUT2D eigenvalue weighted by Crippen LogP contribution is 2.19. The summed E-state index contributed by atoms with van der Waals surface area (Å²) in [5, 5.41) is 6.65. The van der Waals surface area contributed by atoms with Crippen molar-refractivity contribution in [3.8, 4) is 11.4 Å². The third kappa shape index (κ3) is 4.22. The summed E-state index contributed by atoms with van der Waals surface area (Å²) in [5.41, 5.74) is 0.730. The van der Waals surface area contributed by atoms with Crippen molar-refractivity contribution in [3.63, 3.8) is 0 Å².